The van der Waals surface area contributed by atoms with Gasteiger partial charge in [0.1, 0.15) is 5.58 Å². The molecule has 1 heterocycles. The minimum Gasteiger partial charge on any atom is -0.464 e. The maximum Gasteiger partial charge on any atom is 0.138 e. The molecule has 114 valence electrons. The highest BCUT2D eigenvalue weighted by Gasteiger charge is 2.05. The van der Waals surface area contributed by atoms with Gasteiger partial charge in [0, 0.05) is 24.0 Å². The number of hydrogen-bond acceptors (Lipinski definition) is 2. The lowest BCUT2D eigenvalue weighted by atomic mass is 10.1. The largest absolute Gasteiger partial charge is 0.464 e. The van der Waals surface area contributed by atoms with Crippen molar-refractivity contribution < 1.29 is 4.42 Å². The molecule has 0 unspecified atom stereocenters. The standard InChI is InChI=1S/C19H19NO.ClH/c1-20(13-6-9-16-7-3-2-4-8-16)15-18-11-5-10-17-12-14-21-19(17)18;/h2-12,14H,13,15H2,1H3;1H/b9-6+;. The first-order chi connectivity index (χ1) is 10.3. The Morgan fingerprint density at radius 2 is 1.82 bits per heavy atom. The van der Waals surface area contributed by atoms with E-state index in [0.29, 0.717) is 0 Å². The summed E-state index contributed by atoms with van der Waals surface area (Å²) in [5.74, 6) is 0. The Bertz CT molecular complexity index is 733. The SMILES string of the molecule is CN(C/C=C/c1ccccc1)Cc1cccc2ccoc12.Cl. The first kappa shape index (κ1) is 16.3. The lowest BCUT2D eigenvalue weighted by Crippen LogP contribution is -2.17. The molecule has 2 nitrogen and oxygen atoms in total. The van der Waals surface area contributed by atoms with Crippen LogP contribution in [0.4, 0.5) is 0 Å². The summed E-state index contributed by atoms with van der Waals surface area (Å²) in [4.78, 5) is 2.27. The van der Waals surface area contributed by atoms with E-state index >= 15 is 0 Å². The Kier molecular flexibility index (Phi) is 5.82. The smallest absolute Gasteiger partial charge is 0.138 e. The highest BCUT2D eigenvalue weighted by atomic mass is 35.5. The zero-order valence-electron chi connectivity index (χ0n) is 12.6. The Balaban J connectivity index is 0.00000176. The molecule has 22 heavy (non-hydrogen) atoms. The third kappa shape index (κ3) is 4.00. The fourth-order valence-electron chi connectivity index (χ4n) is 2.47. The molecule has 0 bridgehead atoms. The summed E-state index contributed by atoms with van der Waals surface area (Å²) in [5, 5.41) is 1.17. The molecule has 0 radical (unpaired) electrons. The molecule has 1 aromatic heterocycles. The van der Waals surface area contributed by atoms with Gasteiger partial charge in [-0.1, -0.05) is 60.7 Å². The van der Waals surface area contributed by atoms with Crippen LogP contribution in [0.2, 0.25) is 0 Å². The van der Waals surface area contributed by atoms with Crippen molar-refractivity contribution in [1.29, 1.82) is 0 Å². The summed E-state index contributed by atoms with van der Waals surface area (Å²) < 4.78 is 5.58. The molecular weight excluding hydrogens is 294 g/mol. The Morgan fingerprint density at radius 1 is 1.00 bits per heavy atom. The van der Waals surface area contributed by atoms with Gasteiger partial charge in [-0.3, -0.25) is 4.90 Å². The molecule has 0 aliphatic carbocycles. The van der Waals surface area contributed by atoms with Crippen LogP contribution in [0, 0.1) is 0 Å². The summed E-state index contributed by atoms with van der Waals surface area (Å²) in [5.41, 5.74) is 3.46. The second-order valence-corrected chi connectivity index (χ2v) is 5.27. The number of furan rings is 1. The highest BCUT2D eigenvalue weighted by molar-refractivity contribution is 5.85. The van der Waals surface area contributed by atoms with Crippen LogP contribution in [-0.4, -0.2) is 18.5 Å². The van der Waals surface area contributed by atoms with Gasteiger partial charge < -0.3 is 4.42 Å². The summed E-state index contributed by atoms with van der Waals surface area (Å²) >= 11 is 0. The van der Waals surface area contributed by atoms with Crippen LogP contribution in [0.5, 0.6) is 0 Å². The number of halogens is 1. The molecule has 0 atom stereocenters. The summed E-state index contributed by atoms with van der Waals surface area (Å²) in [7, 11) is 2.12. The lowest BCUT2D eigenvalue weighted by Gasteiger charge is -2.14. The lowest BCUT2D eigenvalue weighted by molar-refractivity contribution is 0.363. The molecule has 0 aliphatic rings. The molecule has 3 aromatic rings. The van der Waals surface area contributed by atoms with Crippen molar-refractivity contribution in [3.8, 4) is 0 Å². The number of benzene rings is 2. The van der Waals surface area contributed by atoms with Gasteiger partial charge in [-0.05, 0) is 18.7 Å². The first-order valence-corrected chi connectivity index (χ1v) is 7.18. The minimum atomic E-state index is 0. The molecule has 0 N–H and O–H groups in total. The quantitative estimate of drug-likeness (QED) is 0.659. The molecule has 0 amide bonds. The van der Waals surface area contributed by atoms with Gasteiger partial charge in [0.05, 0.1) is 6.26 Å². The van der Waals surface area contributed by atoms with Gasteiger partial charge in [-0.25, -0.2) is 0 Å². The highest BCUT2D eigenvalue weighted by Crippen LogP contribution is 2.20. The number of nitrogens with zero attached hydrogens (tertiary/aromatic N) is 1. The second-order valence-electron chi connectivity index (χ2n) is 5.27. The van der Waals surface area contributed by atoms with E-state index in [1.807, 2.05) is 12.1 Å². The van der Waals surface area contributed by atoms with Gasteiger partial charge in [-0.2, -0.15) is 0 Å². The third-order valence-corrected chi connectivity index (χ3v) is 3.53. The zero-order valence-corrected chi connectivity index (χ0v) is 13.4. The Labute approximate surface area is 137 Å². The number of para-hydroxylation sites is 1. The molecule has 3 rings (SSSR count). The van der Waals surface area contributed by atoms with E-state index in [-0.39, 0.29) is 12.4 Å². The summed E-state index contributed by atoms with van der Waals surface area (Å²) in [6.45, 7) is 1.79. The van der Waals surface area contributed by atoms with E-state index in [0.717, 1.165) is 18.7 Å². The second kappa shape index (κ2) is 7.83. The van der Waals surface area contributed by atoms with Crippen LogP contribution in [0.1, 0.15) is 11.1 Å². The monoisotopic (exact) mass is 313 g/mol. The van der Waals surface area contributed by atoms with Crippen LogP contribution in [0.3, 0.4) is 0 Å². The van der Waals surface area contributed by atoms with Gasteiger partial charge >= 0.3 is 0 Å². The van der Waals surface area contributed by atoms with Crippen molar-refractivity contribution in [2.45, 2.75) is 6.54 Å². The normalized spacial score (nSPS) is 11.2. The molecule has 0 saturated carbocycles. The molecule has 2 aromatic carbocycles. The van der Waals surface area contributed by atoms with Crippen LogP contribution in [0.15, 0.2) is 71.4 Å². The molecular formula is C19H20ClNO. The van der Waals surface area contributed by atoms with E-state index in [1.54, 1.807) is 6.26 Å². The molecule has 0 aliphatic heterocycles. The van der Waals surface area contributed by atoms with Crippen molar-refractivity contribution in [2.75, 3.05) is 13.6 Å². The van der Waals surface area contributed by atoms with Crippen molar-refractivity contribution in [3.05, 3.63) is 78.1 Å². The van der Waals surface area contributed by atoms with Crippen molar-refractivity contribution in [3.63, 3.8) is 0 Å². The minimum absolute atomic E-state index is 0. The van der Waals surface area contributed by atoms with Gasteiger partial charge in [-0.15, -0.1) is 12.4 Å². The summed E-state index contributed by atoms with van der Waals surface area (Å²) in [6, 6.07) is 18.7. The fourth-order valence-corrected chi connectivity index (χ4v) is 2.47. The number of hydrogen-bond donors (Lipinski definition) is 0. The average Bonchev–Trinajstić information content (AvgIpc) is 2.98. The number of fused-ring (bicyclic) bond motifs is 1. The van der Waals surface area contributed by atoms with Crippen LogP contribution in [0.25, 0.3) is 17.0 Å². The van der Waals surface area contributed by atoms with Crippen LogP contribution < -0.4 is 0 Å². The first-order valence-electron chi connectivity index (χ1n) is 7.18. The molecule has 0 fully saturated rings. The van der Waals surface area contributed by atoms with Crippen molar-refractivity contribution in [2.24, 2.45) is 0 Å². The maximum absolute atomic E-state index is 5.58. The number of rotatable bonds is 5. The van der Waals surface area contributed by atoms with E-state index in [2.05, 4.69) is 66.6 Å². The molecule has 0 spiro atoms. The molecule has 0 saturated heterocycles. The third-order valence-electron chi connectivity index (χ3n) is 3.53. The van der Waals surface area contributed by atoms with Gasteiger partial charge in [0.25, 0.3) is 0 Å². The zero-order chi connectivity index (χ0) is 14.5. The fraction of sp³-hybridized carbons (Fsp3) is 0.158. The topological polar surface area (TPSA) is 16.4 Å². The summed E-state index contributed by atoms with van der Waals surface area (Å²) in [6.07, 6.45) is 6.10. The van der Waals surface area contributed by atoms with Crippen LogP contribution >= 0.6 is 12.4 Å². The average molecular weight is 314 g/mol. The van der Waals surface area contributed by atoms with E-state index in [1.165, 1.54) is 16.5 Å². The van der Waals surface area contributed by atoms with Gasteiger partial charge in [0.15, 0.2) is 0 Å². The van der Waals surface area contributed by atoms with E-state index in [9.17, 15) is 0 Å². The number of likely N-dealkylation sites (N-methyl/N-ethyl adjacent to an activating group) is 1. The Hall–Kier alpha value is -2.03. The predicted octanol–water partition coefficient (Wildman–Crippen LogP) is 5.00. The Morgan fingerprint density at radius 3 is 2.64 bits per heavy atom. The predicted molar refractivity (Wildman–Crippen MR) is 95.3 cm³/mol. The maximum atomic E-state index is 5.58. The van der Waals surface area contributed by atoms with E-state index < -0.39 is 0 Å². The van der Waals surface area contributed by atoms with Crippen molar-refractivity contribution >= 4 is 29.5 Å². The van der Waals surface area contributed by atoms with E-state index in [4.69, 9.17) is 4.42 Å². The van der Waals surface area contributed by atoms with Crippen molar-refractivity contribution in [1.82, 2.24) is 4.90 Å². The van der Waals surface area contributed by atoms with Crippen LogP contribution in [-0.2, 0) is 6.54 Å². The molecule has 3 heteroatoms. The van der Waals surface area contributed by atoms with Gasteiger partial charge in [0.2, 0.25) is 0 Å².